The zero-order valence-corrected chi connectivity index (χ0v) is 11.9. The number of nitrogens with one attached hydrogen (secondary N) is 1. The molecule has 108 valence electrons. The summed E-state index contributed by atoms with van der Waals surface area (Å²) in [6.07, 6.45) is 0. The molecular weight excluding hydrogens is 285 g/mol. The van der Waals surface area contributed by atoms with Gasteiger partial charge in [0.1, 0.15) is 5.82 Å². The van der Waals surface area contributed by atoms with Crippen molar-refractivity contribution in [3.05, 3.63) is 34.6 Å². The van der Waals surface area contributed by atoms with E-state index in [9.17, 15) is 14.0 Å². The first-order chi connectivity index (χ1) is 9.25. The average molecular weight is 300 g/mol. The van der Waals surface area contributed by atoms with Crippen molar-refractivity contribution in [2.24, 2.45) is 17.3 Å². The first-order valence-electron chi connectivity index (χ1n) is 6.19. The van der Waals surface area contributed by atoms with Gasteiger partial charge in [0.15, 0.2) is 0 Å². The lowest BCUT2D eigenvalue weighted by Gasteiger charge is -2.07. The predicted molar refractivity (Wildman–Crippen MR) is 71.7 cm³/mol. The highest BCUT2D eigenvalue weighted by Crippen LogP contribution is 2.58. The van der Waals surface area contributed by atoms with Crippen molar-refractivity contribution in [2.45, 2.75) is 20.4 Å². The number of amides is 1. The van der Waals surface area contributed by atoms with Crippen LogP contribution in [0.4, 0.5) is 4.39 Å². The van der Waals surface area contributed by atoms with Gasteiger partial charge in [-0.3, -0.25) is 9.59 Å². The van der Waals surface area contributed by atoms with Crippen LogP contribution in [0.2, 0.25) is 5.02 Å². The molecule has 0 saturated heterocycles. The number of hydrogen-bond acceptors (Lipinski definition) is 2. The fourth-order valence-corrected chi connectivity index (χ4v) is 2.74. The summed E-state index contributed by atoms with van der Waals surface area (Å²) >= 11 is 5.65. The summed E-state index contributed by atoms with van der Waals surface area (Å²) in [7, 11) is 0. The normalized spacial score (nSPS) is 23.2. The van der Waals surface area contributed by atoms with Crippen LogP contribution in [0.15, 0.2) is 18.2 Å². The molecule has 0 aromatic heterocycles. The molecule has 2 atom stereocenters. The SMILES string of the molecule is CC1(C)C(C(=O)O)C1C(=O)NCc1ccc(F)c(Cl)c1. The minimum absolute atomic E-state index is 0.00749. The maximum absolute atomic E-state index is 13.0. The summed E-state index contributed by atoms with van der Waals surface area (Å²) < 4.78 is 13.0. The lowest BCUT2D eigenvalue weighted by Crippen LogP contribution is -2.26. The molecule has 6 heteroatoms. The molecule has 0 aliphatic heterocycles. The van der Waals surface area contributed by atoms with Crippen LogP contribution in [0.3, 0.4) is 0 Å². The number of carboxylic acids is 1. The van der Waals surface area contributed by atoms with E-state index in [1.807, 2.05) is 0 Å². The van der Waals surface area contributed by atoms with E-state index in [4.69, 9.17) is 16.7 Å². The number of benzene rings is 1. The van der Waals surface area contributed by atoms with Crippen LogP contribution in [-0.2, 0) is 16.1 Å². The Labute approximate surface area is 120 Å². The summed E-state index contributed by atoms with van der Waals surface area (Å²) in [5.74, 6) is -2.96. The summed E-state index contributed by atoms with van der Waals surface area (Å²) in [5.41, 5.74) is 0.131. The molecule has 4 nitrogen and oxygen atoms in total. The standard InChI is InChI=1S/C14H15ClFNO3/c1-14(2)10(11(14)13(19)20)12(18)17-6-7-3-4-9(16)8(15)5-7/h3-5,10-11H,6H2,1-2H3,(H,17,18)(H,19,20). The molecular formula is C14H15ClFNO3. The van der Waals surface area contributed by atoms with Crippen molar-refractivity contribution < 1.29 is 19.1 Å². The van der Waals surface area contributed by atoms with Crippen LogP contribution in [-0.4, -0.2) is 17.0 Å². The fourth-order valence-electron chi connectivity index (χ4n) is 2.54. The minimum Gasteiger partial charge on any atom is -0.481 e. The van der Waals surface area contributed by atoms with E-state index in [2.05, 4.69) is 5.32 Å². The van der Waals surface area contributed by atoms with Crippen molar-refractivity contribution in [2.75, 3.05) is 0 Å². The molecule has 20 heavy (non-hydrogen) atoms. The van der Waals surface area contributed by atoms with Crippen LogP contribution in [0.25, 0.3) is 0 Å². The second-order valence-corrected chi connectivity index (χ2v) is 5.99. The highest BCUT2D eigenvalue weighted by molar-refractivity contribution is 6.30. The largest absolute Gasteiger partial charge is 0.481 e. The second kappa shape index (κ2) is 5.05. The van der Waals surface area contributed by atoms with Crippen LogP contribution in [0.1, 0.15) is 19.4 Å². The summed E-state index contributed by atoms with van der Waals surface area (Å²) in [5, 5.41) is 11.7. The Morgan fingerprint density at radius 3 is 2.55 bits per heavy atom. The topological polar surface area (TPSA) is 66.4 Å². The van der Waals surface area contributed by atoms with Crippen LogP contribution >= 0.6 is 11.6 Å². The van der Waals surface area contributed by atoms with Crippen molar-refractivity contribution >= 4 is 23.5 Å². The number of carbonyl (C=O) groups is 2. The van der Waals surface area contributed by atoms with Gasteiger partial charge in [-0.05, 0) is 23.1 Å². The zero-order valence-electron chi connectivity index (χ0n) is 11.1. The lowest BCUT2D eigenvalue weighted by molar-refractivity contribution is -0.140. The van der Waals surface area contributed by atoms with E-state index in [0.29, 0.717) is 5.56 Å². The molecule has 1 aromatic rings. The number of rotatable bonds is 4. The Balaban J connectivity index is 1.96. The van der Waals surface area contributed by atoms with Crippen molar-refractivity contribution in [1.29, 1.82) is 0 Å². The molecule has 1 aromatic carbocycles. The maximum atomic E-state index is 13.0. The smallest absolute Gasteiger partial charge is 0.307 e. The predicted octanol–water partition coefficient (Wildman–Crippen LogP) is 2.45. The molecule has 1 aliphatic rings. The molecule has 0 bridgehead atoms. The fraction of sp³-hybridized carbons (Fsp3) is 0.429. The Kier molecular flexibility index (Phi) is 3.73. The minimum atomic E-state index is -0.958. The molecule has 1 saturated carbocycles. The van der Waals surface area contributed by atoms with Crippen molar-refractivity contribution in [3.63, 3.8) is 0 Å². The summed E-state index contributed by atoms with van der Waals surface area (Å²) in [6.45, 7) is 3.70. The van der Waals surface area contributed by atoms with Crippen LogP contribution in [0.5, 0.6) is 0 Å². The highest BCUT2D eigenvalue weighted by Gasteiger charge is 2.65. The third-order valence-corrected chi connectivity index (χ3v) is 4.12. The van der Waals surface area contributed by atoms with Gasteiger partial charge >= 0.3 is 5.97 Å². The van der Waals surface area contributed by atoms with Gasteiger partial charge in [-0.1, -0.05) is 31.5 Å². The van der Waals surface area contributed by atoms with E-state index in [1.54, 1.807) is 13.8 Å². The van der Waals surface area contributed by atoms with Crippen molar-refractivity contribution in [1.82, 2.24) is 5.32 Å². The van der Waals surface area contributed by atoms with Gasteiger partial charge < -0.3 is 10.4 Å². The summed E-state index contributed by atoms with van der Waals surface area (Å²) in [6, 6.07) is 4.18. The van der Waals surface area contributed by atoms with Gasteiger partial charge in [0.25, 0.3) is 0 Å². The second-order valence-electron chi connectivity index (χ2n) is 5.58. The number of hydrogen-bond donors (Lipinski definition) is 2. The molecule has 0 spiro atoms. The first kappa shape index (κ1) is 14.8. The van der Waals surface area contributed by atoms with Crippen LogP contribution < -0.4 is 5.32 Å². The molecule has 2 N–H and O–H groups in total. The molecule has 1 fully saturated rings. The molecule has 0 heterocycles. The number of aliphatic carboxylic acids is 1. The van der Waals surface area contributed by atoms with Gasteiger partial charge in [-0.2, -0.15) is 0 Å². The Bertz CT molecular complexity index is 574. The summed E-state index contributed by atoms with van der Waals surface area (Å²) in [4.78, 5) is 23.0. The molecule has 2 unspecified atom stereocenters. The van der Waals surface area contributed by atoms with Gasteiger partial charge in [0.05, 0.1) is 16.9 Å². The van der Waals surface area contributed by atoms with E-state index in [-0.39, 0.29) is 17.5 Å². The van der Waals surface area contributed by atoms with E-state index < -0.39 is 29.0 Å². The number of carbonyl (C=O) groups excluding carboxylic acids is 1. The van der Waals surface area contributed by atoms with Gasteiger partial charge in [0, 0.05) is 6.54 Å². The van der Waals surface area contributed by atoms with E-state index in [1.165, 1.54) is 18.2 Å². The number of halogens is 2. The van der Waals surface area contributed by atoms with Gasteiger partial charge in [-0.15, -0.1) is 0 Å². The van der Waals surface area contributed by atoms with E-state index in [0.717, 1.165) is 0 Å². The molecule has 0 radical (unpaired) electrons. The van der Waals surface area contributed by atoms with Gasteiger partial charge in [-0.25, -0.2) is 4.39 Å². The lowest BCUT2D eigenvalue weighted by atomic mass is 10.1. The Morgan fingerprint density at radius 1 is 1.40 bits per heavy atom. The molecule has 2 rings (SSSR count). The number of carboxylic acid groups (broad SMARTS) is 1. The van der Waals surface area contributed by atoms with Gasteiger partial charge in [0.2, 0.25) is 5.91 Å². The monoisotopic (exact) mass is 299 g/mol. The third kappa shape index (κ3) is 2.63. The zero-order chi connectivity index (χ0) is 15.1. The maximum Gasteiger partial charge on any atom is 0.307 e. The molecule has 1 aliphatic carbocycles. The Hall–Kier alpha value is -1.62. The molecule has 1 amide bonds. The van der Waals surface area contributed by atoms with E-state index >= 15 is 0 Å². The van der Waals surface area contributed by atoms with Crippen LogP contribution in [0, 0.1) is 23.1 Å². The first-order valence-corrected chi connectivity index (χ1v) is 6.57. The average Bonchev–Trinajstić information content (AvgIpc) is 2.94. The Morgan fingerprint density at radius 2 is 2.05 bits per heavy atom. The van der Waals surface area contributed by atoms with Crippen molar-refractivity contribution in [3.8, 4) is 0 Å². The third-order valence-electron chi connectivity index (χ3n) is 3.83. The highest BCUT2D eigenvalue weighted by atomic mass is 35.5. The quantitative estimate of drug-likeness (QED) is 0.897.